The van der Waals surface area contributed by atoms with Crippen molar-refractivity contribution in [1.82, 2.24) is 0 Å². The van der Waals surface area contributed by atoms with Crippen LogP contribution >= 0.6 is 0 Å². The Bertz CT molecular complexity index is 322. The van der Waals surface area contributed by atoms with Crippen LogP contribution in [0.25, 0.3) is 0 Å². The van der Waals surface area contributed by atoms with Gasteiger partial charge in [-0.1, -0.05) is 32.4 Å². The Balaban J connectivity index is 2.86. The van der Waals surface area contributed by atoms with Crippen LogP contribution in [0.3, 0.4) is 0 Å². The zero-order valence-electron chi connectivity index (χ0n) is 11.5. The molecule has 1 aliphatic carbocycles. The van der Waals surface area contributed by atoms with E-state index in [1.807, 2.05) is 13.8 Å². The Morgan fingerprint density at radius 3 is 2.12 bits per heavy atom. The minimum absolute atomic E-state index is 0.00250. The van der Waals surface area contributed by atoms with Crippen molar-refractivity contribution in [3.63, 3.8) is 0 Å². The first-order valence-corrected chi connectivity index (χ1v) is 5.99. The van der Waals surface area contributed by atoms with Crippen LogP contribution in [-0.2, 0) is 9.53 Å². The fourth-order valence-corrected chi connectivity index (χ4v) is 2.72. The Morgan fingerprint density at radius 2 is 1.75 bits per heavy atom. The van der Waals surface area contributed by atoms with E-state index >= 15 is 0 Å². The largest absolute Gasteiger partial charge is 0.463 e. The summed E-state index contributed by atoms with van der Waals surface area (Å²) >= 11 is 0. The van der Waals surface area contributed by atoms with E-state index in [9.17, 15) is 4.79 Å². The minimum Gasteiger partial charge on any atom is -0.463 e. The Morgan fingerprint density at radius 1 is 1.25 bits per heavy atom. The number of esters is 1. The molecule has 1 fully saturated rings. The molecule has 0 saturated heterocycles. The lowest BCUT2D eigenvalue weighted by Gasteiger charge is -2.09. The summed E-state index contributed by atoms with van der Waals surface area (Å²) in [6, 6.07) is 0. The fraction of sp³-hybridized carbons (Fsp3) is 0.786. The molecule has 1 aliphatic rings. The third-order valence-electron chi connectivity index (χ3n) is 3.80. The normalized spacial score (nSPS) is 31.1. The van der Waals surface area contributed by atoms with Crippen molar-refractivity contribution in [2.45, 2.75) is 54.6 Å². The summed E-state index contributed by atoms with van der Waals surface area (Å²) in [6.07, 6.45) is 2.18. The number of hydrogen-bond acceptors (Lipinski definition) is 2. The van der Waals surface area contributed by atoms with E-state index in [1.54, 1.807) is 0 Å². The van der Waals surface area contributed by atoms with Crippen molar-refractivity contribution in [2.24, 2.45) is 16.7 Å². The summed E-state index contributed by atoms with van der Waals surface area (Å²) < 4.78 is 5.32. The zero-order valence-corrected chi connectivity index (χ0v) is 11.5. The molecule has 2 unspecified atom stereocenters. The Kier molecular flexibility index (Phi) is 3.24. The summed E-state index contributed by atoms with van der Waals surface area (Å²) in [5, 5.41) is 0. The topological polar surface area (TPSA) is 26.3 Å². The number of allylic oxidation sites excluding steroid dienone is 2. The molecule has 2 nitrogen and oxygen atoms in total. The minimum atomic E-state index is -0.0556. The number of carbonyl (C=O) groups is 1. The molecule has 0 amide bonds. The van der Waals surface area contributed by atoms with Gasteiger partial charge in [0.15, 0.2) is 0 Å². The van der Waals surface area contributed by atoms with Crippen LogP contribution in [0.4, 0.5) is 0 Å². The Hall–Kier alpha value is -0.790. The lowest BCUT2D eigenvalue weighted by Crippen LogP contribution is -2.16. The molecule has 16 heavy (non-hydrogen) atoms. The van der Waals surface area contributed by atoms with Crippen molar-refractivity contribution in [2.75, 3.05) is 0 Å². The SMILES string of the molecule is CC(C)=CC1(C)C(C(=O)OC(C)C)C1(C)C. The first-order chi connectivity index (χ1) is 7.13. The quantitative estimate of drug-likeness (QED) is 0.541. The molecule has 0 aromatic heterocycles. The maximum Gasteiger partial charge on any atom is 0.310 e. The summed E-state index contributed by atoms with van der Waals surface area (Å²) in [5.74, 6) is -0.0581. The van der Waals surface area contributed by atoms with Gasteiger partial charge in [-0.2, -0.15) is 0 Å². The summed E-state index contributed by atoms with van der Waals surface area (Å²) in [4.78, 5) is 12.0. The van der Waals surface area contributed by atoms with Crippen LogP contribution in [0.5, 0.6) is 0 Å². The molecule has 0 aromatic carbocycles. The standard InChI is InChI=1S/C14H24O2/c1-9(2)8-14(7)11(13(14,5)6)12(15)16-10(3)4/h8,10-11H,1-7H3. The van der Waals surface area contributed by atoms with E-state index in [0.717, 1.165) is 0 Å². The van der Waals surface area contributed by atoms with Gasteiger partial charge in [-0.05, 0) is 33.1 Å². The van der Waals surface area contributed by atoms with E-state index < -0.39 is 0 Å². The average molecular weight is 224 g/mol. The maximum absolute atomic E-state index is 12.0. The second-order valence-electron chi connectivity index (χ2n) is 6.14. The third-order valence-corrected chi connectivity index (χ3v) is 3.80. The lowest BCUT2D eigenvalue weighted by molar-refractivity contribution is -0.150. The van der Waals surface area contributed by atoms with E-state index in [4.69, 9.17) is 4.74 Å². The highest BCUT2D eigenvalue weighted by molar-refractivity contribution is 5.80. The number of ether oxygens (including phenoxy) is 1. The van der Waals surface area contributed by atoms with Crippen molar-refractivity contribution in [3.05, 3.63) is 11.6 Å². The smallest absolute Gasteiger partial charge is 0.310 e. The van der Waals surface area contributed by atoms with E-state index in [2.05, 4.69) is 40.7 Å². The molecule has 0 aliphatic heterocycles. The van der Waals surface area contributed by atoms with Crippen LogP contribution in [0.15, 0.2) is 11.6 Å². The molecule has 0 bridgehead atoms. The number of carbonyl (C=O) groups excluding carboxylic acids is 1. The number of hydrogen-bond donors (Lipinski definition) is 0. The summed E-state index contributed by atoms with van der Waals surface area (Å²) in [5.41, 5.74) is 1.23. The lowest BCUT2D eigenvalue weighted by atomic mass is 9.96. The first kappa shape index (κ1) is 13.3. The molecule has 92 valence electrons. The summed E-state index contributed by atoms with van der Waals surface area (Å²) in [6.45, 7) is 14.4. The fourth-order valence-electron chi connectivity index (χ4n) is 2.72. The molecular formula is C14H24O2. The van der Waals surface area contributed by atoms with E-state index in [-0.39, 0.29) is 28.8 Å². The highest BCUT2D eigenvalue weighted by Gasteiger charge is 2.70. The van der Waals surface area contributed by atoms with Gasteiger partial charge in [0.25, 0.3) is 0 Å². The van der Waals surface area contributed by atoms with Gasteiger partial charge in [-0.15, -0.1) is 0 Å². The molecule has 2 atom stereocenters. The monoisotopic (exact) mass is 224 g/mol. The maximum atomic E-state index is 12.0. The van der Waals surface area contributed by atoms with Gasteiger partial charge >= 0.3 is 5.97 Å². The zero-order chi connectivity index (χ0) is 12.7. The van der Waals surface area contributed by atoms with Crippen LogP contribution < -0.4 is 0 Å². The molecule has 0 spiro atoms. The van der Waals surface area contributed by atoms with Crippen molar-refractivity contribution >= 4 is 5.97 Å². The predicted octanol–water partition coefficient (Wildman–Crippen LogP) is 3.57. The van der Waals surface area contributed by atoms with Crippen LogP contribution in [0.1, 0.15) is 48.5 Å². The highest BCUT2D eigenvalue weighted by atomic mass is 16.5. The molecular weight excluding hydrogens is 200 g/mol. The number of rotatable bonds is 3. The predicted molar refractivity (Wildman–Crippen MR) is 66.0 cm³/mol. The second-order valence-corrected chi connectivity index (χ2v) is 6.14. The highest BCUT2D eigenvalue weighted by Crippen LogP contribution is 2.70. The van der Waals surface area contributed by atoms with Gasteiger partial charge in [0.1, 0.15) is 0 Å². The van der Waals surface area contributed by atoms with Crippen molar-refractivity contribution in [1.29, 1.82) is 0 Å². The van der Waals surface area contributed by atoms with Gasteiger partial charge in [0, 0.05) is 5.41 Å². The van der Waals surface area contributed by atoms with Crippen LogP contribution in [0.2, 0.25) is 0 Å². The van der Waals surface area contributed by atoms with E-state index in [0.29, 0.717) is 0 Å². The molecule has 2 heteroatoms. The molecule has 1 rings (SSSR count). The molecule has 0 N–H and O–H groups in total. The first-order valence-electron chi connectivity index (χ1n) is 5.99. The van der Waals surface area contributed by atoms with Gasteiger partial charge in [0.2, 0.25) is 0 Å². The van der Waals surface area contributed by atoms with Gasteiger partial charge in [-0.3, -0.25) is 4.79 Å². The third kappa shape index (κ3) is 2.02. The van der Waals surface area contributed by atoms with Crippen molar-refractivity contribution in [3.8, 4) is 0 Å². The molecule has 1 saturated carbocycles. The Labute approximate surface area is 99.1 Å². The average Bonchev–Trinajstić information content (AvgIpc) is 2.40. The van der Waals surface area contributed by atoms with Gasteiger partial charge in [-0.25, -0.2) is 0 Å². The molecule has 0 aromatic rings. The molecule has 0 heterocycles. The molecule has 0 radical (unpaired) electrons. The van der Waals surface area contributed by atoms with Gasteiger partial charge in [0.05, 0.1) is 12.0 Å². The van der Waals surface area contributed by atoms with Crippen LogP contribution in [-0.4, -0.2) is 12.1 Å². The van der Waals surface area contributed by atoms with Gasteiger partial charge < -0.3 is 4.74 Å². The summed E-state index contributed by atoms with van der Waals surface area (Å²) in [7, 11) is 0. The van der Waals surface area contributed by atoms with E-state index in [1.165, 1.54) is 5.57 Å². The second kappa shape index (κ2) is 3.90. The van der Waals surface area contributed by atoms with Crippen molar-refractivity contribution < 1.29 is 9.53 Å². The van der Waals surface area contributed by atoms with Crippen LogP contribution in [0, 0.1) is 16.7 Å².